The summed E-state index contributed by atoms with van der Waals surface area (Å²) >= 11 is 5.89. The largest absolute Gasteiger partial charge is 0.330 e. The Labute approximate surface area is 123 Å². The van der Waals surface area contributed by atoms with Crippen LogP contribution in [0.3, 0.4) is 0 Å². The predicted molar refractivity (Wildman–Crippen MR) is 76.6 cm³/mol. The topological polar surface area (TPSA) is 63.4 Å². The molecule has 1 aromatic carbocycles. The van der Waals surface area contributed by atoms with E-state index in [2.05, 4.69) is 0 Å². The number of piperidine rings is 1. The maximum absolute atomic E-state index is 13.3. The second-order valence-corrected chi connectivity index (χ2v) is 7.31. The number of rotatable bonds is 4. The highest BCUT2D eigenvalue weighted by Gasteiger charge is 2.30. The van der Waals surface area contributed by atoms with E-state index in [1.165, 1.54) is 10.4 Å². The number of nitrogens with two attached hydrogens (primary N) is 1. The average molecular weight is 321 g/mol. The number of hydrogen-bond acceptors (Lipinski definition) is 3. The zero-order valence-electron chi connectivity index (χ0n) is 11.1. The second kappa shape index (κ2) is 6.39. The third-order valence-corrected chi connectivity index (χ3v) is 6.04. The molecule has 1 saturated heterocycles. The summed E-state index contributed by atoms with van der Waals surface area (Å²) < 4.78 is 39.6. The van der Waals surface area contributed by atoms with E-state index in [4.69, 9.17) is 17.3 Å². The van der Waals surface area contributed by atoms with Crippen molar-refractivity contribution >= 4 is 21.6 Å². The third-order valence-electron chi connectivity index (χ3n) is 3.66. The van der Waals surface area contributed by atoms with Gasteiger partial charge < -0.3 is 5.73 Å². The van der Waals surface area contributed by atoms with E-state index in [0.29, 0.717) is 25.6 Å². The van der Waals surface area contributed by atoms with E-state index in [9.17, 15) is 12.8 Å². The van der Waals surface area contributed by atoms with Crippen molar-refractivity contribution in [2.24, 2.45) is 11.7 Å². The van der Waals surface area contributed by atoms with Gasteiger partial charge in [0.25, 0.3) is 0 Å². The molecule has 112 valence electrons. The van der Waals surface area contributed by atoms with Gasteiger partial charge in [-0.25, -0.2) is 12.8 Å². The quantitative estimate of drug-likeness (QED) is 0.925. The number of sulfonamides is 1. The number of nitrogens with zero attached hydrogens (tertiary/aromatic N) is 1. The first-order valence-corrected chi connectivity index (χ1v) is 8.42. The second-order valence-electron chi connectivity index (χ2n) is 5.00. The van der Waals surface area contributed by atoms with Crippen LogP contribution in [0.15, 0.2) is 23.1 Å². The van der Waals surface area contributed by atoms with Crippen LogP contribution >= 0.6 is 11.6 Å². The van der Waals surface area contributed by atoms with Crippen LogP contribution in [0.1, 0.15) is 19.3 Å². The van der Waals surface area contributed by atoms with Gasteiger partial charge in [0.1, 0.15) is 10.7 Å². The summed E-state index contributed by atoms with van der Waals surface area (Å²) in [4.78, 5) is -0.156. The van der Waals surface area contributed by atoms with Crippen molar-refractivity contribution in [2.45, 2.75) is 24.2 Å². The Morgan fingerprint density at radius 3 is 2.60 bits per heavy atom. The molecule has 0 aliphatic carbocycles. The molecule has 0 radical (unpaired) electrons. The fourth-order valence-corrected chi connectivity index (χ4v) is 4.44. The zero-order valence-corrected chi connectivity index (χ0v) is 12.6. The van der Waals surface area contributed by atoms with E-state index in [1.54, 1.807) is 0 Å². The summed E-state index contributed by atoms with van der Waals surface area (Å²) in [7, 11) is -3.72. The first-order valence-electron chi connectivity index (χ1n) is 6.60. The van der Waals surface area contributed by atoms with Gasteiger partial charge in [0, 0.05) is 13.1 Å². The van der Waals surface area contributed by atoms with Crippen molar-refractivity contribution in [1.29, 1.82) is 0 Å². The maximum Gasteiger partial charge on any atom is 0.244 e. The fraction of sp³-hybridized carbons (Fsp3) is 0.538. The molecule has 1 fully saturated rings. The Kier molecular flexibility index (Phi) is 5.01. The summed E-state index contributed by atoms with van der Waals surface area (Å²) in [5.74, 6) is -0.138. The summed E-state index contributed by atoms with van der Waals surface area (Å²) in [5.41, 5.74) is 5.52. The van der Waals surface area contributed by atoms with E-state index in [1.807, 2.05) is 0 Å². The van der Waals surface area contributed by atoms with Gasteiger partial charge >= 0.3 is 0 Å². The Hall–Kier alpha value is -0.690. The lowest BCUT2D eigenvalue weighted by molar-refractivity contribution is 0.266. The SMILES string of the molecule is NCCC1CCN(S(=O)(=O)c2cc(F)ccc2Cl)CC1. The molecule has 1 aromatic rings. The molecule has 0 spiro atoms. The van der Waals surface area contributed by atoms with Crippen LogP contribution in [-0.2, 0) is 10.0 Å². The number of hydrogen-bond donors (Lipinski definition) is 1. The summed E-state index contributed by atoms with van der Waals surface area (Å²) in [6.45, 7) is 1.48. The fourth-order valence-electron chi connectivity index (χ4n) is 2.49. The van der Waals surface area contributed by atoms with Gasteiger partial charge in [-0.15, -0.1) is 0 Å². The zero-order chi connectivity index (χ0) is 14.8. The molecule has 2 N–H and O–H groups in total. The first kappa shape index (κ1) is 15.7. The molecule has 0 aromatic heterocycles. The minimum Gasteiger partial charge on any atom is -0.330 e. The van der Waals surface area contributed by atoms with Gasteiger partial charge in [0.15, 0.2) is 0 Å². The van der Waals surface area contributed by atoms with E-state index < -0.39 is 15.8 Å². The molecule has 1 aliphatic rings. The van der Waals surface area contributed by atoms with Gasteiger partial charge in [0.2, 0.25) is 10.0 Å². The van der Waals surface area contributed by atoms with Gasteiger partial charge in [0.05, 0.1) is 5.02 Å². The lowest BCUT2D eigenvalue weighted by Gasteiger charge is -2.31. The van der Waals surface area contributed by atoms with Crippen molar-refractivity contribution in [1.82, 2.24) is 4.31 Å². The van der Waals surface area contributed by atoms with Crippen molar-refractivity contribution in [2.75, 3.05) is 19.6 Å². The smallest absolute Gasteiger partial charge is 0.244 e. The molecule has 0 amide bonds. The van der Waals surface area contributed by atoms with Gasteiger partial charge in [-0.1, -0.05) is 11.6 Å². The van der Waals surface area contributed by atoms with Crippen molar-refractivity contribution in [3.63, 3.8) is 0 Å². The van der Waals surface area contributed by atoms with Gasteiger partial charge in [-0.3, -0.25) is 0 Å². The molecule has 20 heavy (non-hydrogen) atoms. The minimum absolute atomic E-state index is 0.0514. The van der Waals surface area contributed by atoms with Crippen LogP contribution in [0.25, 0.3) is 0 Å². The molecule has 1 heterocycles. The van der Waals surface area contributed by atoms with Crippen molar-refractivity contribution in [3.8, 4) is 0 Å². The van der Waals surface area contributed by atoms with Crippen LogP contribution in [0.5, 0.6) is 0 Å². The number of benzene rings is 1. The molecule has 1 aliphatic heterocycles. The van der Waals surface area contributed by atoms with Crippen LogP contribution in [0, 0.1) is 11.7 Å². The summed E-state index contributed by atoms with van der Waals surface area (Å²) in [6, 6.07) is 3.39. The highest BCUT2D eigenvalue weighted by molar-refractivity contribution is 7.89. The molecule has 0 saturated carbocycles. The monoisotopic (exact) mass is 320 g/mol. The van der Waals surface area contributed by atoms with E-state index in [0.717, 1.165) is 31.4 Å². The Morgan fingerprint density at radius 1 is 1.35 bits per heavy atom. The highest BCUT2D eigenvalue weighted by atomic mass is 35.5. The van der Waals surface area contributed by atoms with Crippen LogP contribution in [0.4, 0.5) is 4.39 Å². The Balaban J connectivity index is 2.18. The minimum atomic E-state index is -3.72. The molecule has 0 bridgehead atoms. The van der Waals surface area contributed by atoms with E-state index in [-0.39, 0.29) is 9.92 Å². The lowest BCUT2D eigenvalue weighted by atomic mass is 9.95. The van der Waals surface area contributed by atoms with Crippen LogP contribution in [-0.4, -0.2) is 32.4 Å². The van der Waals surface area contributed by atoms with Gasteiger partial charge in [-0.05, 0) is 49.9 Å². The lowest BCUT2D eigenvalue weighted by Crippen LogP contribution is -2.39. The highest BCUT2D eigenvalue weighted by Crippen LogP contribution is 2.29. The average Bonchev–Trinajstić information content (AvgIpc) is 2.42. The molecule has 2 rings (SSSR count). The van der Waals surface area contributed by atoms with Gasteiger partial charge in [-0.2, -0.15) is 4.31 Å². The van der Waals surface area contributed by atoms with Crippen molar-refractivity contribution < 1.29 is 12.8 Å². The molecule has 0 atom stereocenters. The Morgan fingerprint density at radius 2 is 2.00 bits per heavy atom. The molecule has 0 unspecified atom stereocenters. The maximum atomic E-state index is 13.3. The van der Waals surface area contributed by atoms with E-state index >= 15 is 0 Å². The summed E-state index contributed by atoms with van der Waals surface area (Å²) in [5, 5.41) is 0.0514. The standard InChI is InChI=1S/C13H18ClFN2O2S/c14-12-2-1-11(15)9-13(12)20(18,19)17-7-4-10(3-6-16)5-8-17/h1-2,9-10H,3-8,16H2. The molecular formula is C13H18ClFN2O2S. The first-order chi connectivity index (χ1) is 9.45. The third kappa shape index (κ3) is 3.31. The predicted octanol–water partition coefficient (Wildman–Crippen LogP) is 2.23. The number of halogens is 2. The van der Waals surface area contributed by atoms with Crippen LogP contribution < -0.4 is 5.73 Å². The molecular weight excluding hydrogens is 303 g/mol. The van der Waals surface area contributed by atoms with Crippen molar-refractivity contribution in [3.05, 3.63) is 29.0 Å². The summed E-state index contributed by atoms with van der Waals surface area (Å²) in [6.07, 6.45) is 2.47. The Bertz CT molecular complexity index is 572. The molecule has 4 nitrogen and oxygen atoms in total. The normalized spacial score (nSPS) is 18.4. The van der Waals surface area contributed by atoms with Crippen LogP contribution in [0.2, 0.25) is 5.02 Å². The molecule has 7 heteroatoms.